The van der Waals surface area contributed by atoms with Crippen LogP contribution in [0.5, 0.6) is 0 Å². The Kier molecular flexibility index (Phi) is 7.82. The van der Waals surface area contributed by atoms with Crippen molar-refractivity contribution in [2.24, 2.45) is 10.7 Å². The Bertz CT molecular complexity index is 1220. The second kappa shape index (κ2) is 10.6. The van der Waals surface area contributed by atoms with Crippen LogP contribution >= 0.6 is 11.3 Å². The molecular weight excluding hydrogens is 487 g/mol. The predicted molar refractivity (Wildman–Crippen MR) is 123 cm³/mol. The summed E-state index contributed by atoms with van der Waals surface area (Å²) in [6, 6.07) is 6.58. The number of nitrogens with one attached hydrogen (secondary N) is 1. The maximum absolute atomic E-state index is 14.8. The van der Waals surface area contributed by atoms with Gasteiger partial charge in [0.25, 0.3) is 18.3 Å². The number of anilines is 1. The van der Waals surface area contributed by atoms with Gasteiger partial charge in [-0.15, -0.1) is 11.3 Å². The van der Waals surface area contributed by atoms with E-state index in [1.807, 2.05) is 5.38 Å². The standard InChI is InChI=1S/C21H18F3N5O2S.CH2O2/c1-20(21(23,24)11-31-10-17(25)29-20)14-8-13(3-4-15(14)22)28-18(30)16-5-2-12(9-27-16)19-26-6-7-32-19;2-1-3/h2-9H,10-11H2,1H3,(H2,25,29)(H,28,30);1H,(H,2,3). The van der Waals surface area contributed by atoms with Crippen molar-refractivity contribution in [3.63, 3.8) is 0 Å². The first-order valence-electron chi connectivity index (χ1n) is 9.96. The van der Waals surface area contributed by atoms with Crippen LogP contribution < -0.4 is 11.1 Å². The van der Waals surface area contributed by atoms with E-state index < -0.39 is 35.4 Å². The fraction of sp³-hybridized carbons (Fsp3) is 0.227. The number of amides is 1. The average molecular weight is 507 g/mol. The van der Waals surface area contributed by atoms with Crippen LogP contribution in [-0.4, -0.2) is 52.4 Å². The van der Waals surface area contributed by atoms with Crippen molar-refractivity contribution in [3.05, 3.63) is 65.2 Å². The first-order valence-corrected chi connectivity index (χ1v) is 10.8. The van der Waals surface area contributed by atoms with Crippen LogP contribution in [0.2, 0.25) is 0 Å². The number of aliphatic imine (C=N–C) groups is 1. The number of hydrogen-bond donors (Lipinski definition) is 3. The minimum Gasteiger partial charge on any atom is -0.483 e. The molecule has 0 radical (unpaired) electrons. The number of hydrogen-bond acceptors (Lipinski definition) is 8. The summed E-state index contributed by atoms with van der Waals surface area (Å²) in [5.74, 6) is -5.21. The number of nitrogens with zero attached hydrogens (tertiary/aromatic N) is 3. The van der Waals surface area contributed by atoms with E-state index in [2.05, 4.69) is 20.3 Å². The highest BCUT2D eigenvalue weighted by molar-refractivity contribution is 7.13. The van der Waals surface area contributed by atoms with Gasteiger partial charge in [0.15, 0.2) is 5.54 Å². The molecule has 184 valence electrons. The quantitative estimate of drug-likeness (QED) is 0.459. The highest BCUT2D eigenvalue weighted by Crippen LogP contribution is 2.44. The zero-order valence-corrected chi connectivity index (χ0v) is 19.1. The van der Waals surface area contributed by atoms with Crippen LogP contribution in [0.4, 0.5) is 18.9 Å². The van der Waals surface area contributed by atoms with Gasteiger partial charge in [-0.2, -0.15) is 0 Å². The molecule has 35 heavy (non-hydrogen) atoms. The van der Waals surface area contributed by atoms with E-state index in [0.717, 1.165) is 29.6 Å². The number of amidine groups is 1. The van der Waals surface area contributed by atoms with E-state index >= 15 is 0 Å². The number of nitrogens with two attached hydrogens (primary N) is 1. The number of carbonyl (C=O) groups excluding carboxylic acids is 1. The first kappa shape index (κ1) is 25.8. The molecule has 0 fully saturated rings. The number of aromatic nitrogens is 2. The van der Waals surface area contributed by atoms with Crippen molar-refractivity contribution >= 4 is 35.2 Å². The van der Waals surface area contributed by atoms with Gasteiger partial charge >= 0.3 is 0 Å². The number of carboxylic acid groups (broad SMARTS) is 1. The molecular formula is C22H20F3N5O4S. The SMILES string of the molecule is CC1(c2cc(NC(=O)c3ccc(-c4nccs4)cn3)ccc2F)N=C(N)COCC1(F)F.O=CO. The van der Waals surface area contributed by atoms with E-state index in [9.17, 15) is 18.0 Å². The average Bonchev–Trinajstić information content (AvgIpc) is 3.32. The molecule has 1 amide bonds. The summed E-state index contributed by atoms with van der Waals surface area (Å²) < 4.78 is 49.1. The number of pyridine rings is 1. The Labute approximate surface area is 201 Å². The molecule has 1 aromatic carbocycles. The Balaban J connectivity index is 0.00000108. The van der Waals surface area contributed by atoms with Gasteiger partial charge in [-0.05, 0) is 37.3 Å². The molecule has 0 bridgehead atoms. The van der Waals surface area contributed by atoms with E-state index in [-0.39, 0.29) is 30.3 Å². The van der Waals surface area contributed by atoms with E-state index in [4.69, 9.17) is 20.4 Å². The van der Waals surface area contributed by atoms with Gasteiger partial charge in [0.05, 0.1) is 0 Å². The number of alkyl halides is 2. The minimum atomic E-state index is -3.54. The number of carbonyl (C=O) groups is 2. The molecule has 1 aliphatic heterocycles. The van der Waals surface area contributed by atoms with Gasteiger partial charge in [-0.25, -0.2) is 18.2 Å². The third-order valence-electron chi connectivity index (χ3n) is 5.04. The summed E-state index contributed by atoms with van der Waals surface area (Å²) in [5.41, 5.74) is 3.87. The minimum absolute atomic E-state index is 0.0952. The van der Waals surface area contributed by atoms with Crippen molar-refractivity contribution in [1.29, 1.82) is 0 Å². The Morgan fingerprint density at radius 2 is 2.03 bits per heavy atom. The van der Waals surface area contributed by atoms with Crippen LogP contribution in [0.25, 0.3) is 10.6 Å². The smallest absolute Gasteiger partial charge is 0.299 e. The monoisotopic (exact) mass is 507 g/mol. The molecule has 1 aliphatic rings. The number of rotatable bonds is 4. The molecule has 1 atom stereocenters. The van der Waals surface area contributed by atoms with Crippen LogP contribution in [0.15, 0.2) is 53.1 Å². The Morgan fingerprint density at radius 1 is 1.29 bits per heavy atom. The molecule has 0 spiro atoms. The molecule has 1 unspecified atom stereocenters. The molecule has 3 heterocycles. The number of thiazole rings is 1. The molecule has 2 aromatic heterocycles. The zero-order valence-electron chi connectivity index (χ0n) is 18.2. The second-order valence-corrected chi connectivity index (χ2v) is 8.29. The molecule has 4 N–H and O–H groups in total. The highest BCUT2D eigenvalue weighted by atomic mass is 32.1. The fourth-order valence-electron chi connectivity index (χ4n) is 3.27. The summed E-state index contributed by atoms with van der Waals surface area (Å²) in [5, 5.41) is 12.0. The Morgan fingerprint density at radius 3 is 2.66 bits per heavy atom. The van der Waals surface area contributed by atoms with Crippen molar-refractivity contribution in [2.45, 2.75) is 18.4 Å². The molecule has 0 saturated carbocycles. The van der Waals surface area contributed by atoms with Gasteiger partial charge in [-0.1, -0.05) is 0 Å². The lowest BCUT2D eigenvalue weighted by atomic mass is 9.85. The van der Waals surface area contributed by atoms with Gasteiger partial charge in [0.1, 0.15) is 35.6 Å². The third-order valence-corrected chi connectivity index (χ3v) is 5.86. The summed E-state index contributed by atoms with van der Waals surface area (Å²) in [6.07, 6.45) is 3.17. The van der Waals surface area contributed by atoms with Gasteiger partial charge in [0, 0.05) is 34.6 Å². The van der Waals surface area contributed by atoms with Crippen molar-refractivity contribution in [1.82, 2.24) is 9.97 Å². The summed E-state index contributed by atoms with van der Waals surface area (Å²) in [6.45, 7) is -0.428. The van der Waals surface area contributed by atoms with Crippen LogP contribution in [0.1, 0.15) is 23.0 Å². The van der Waals surface area contributed by atoms with Crippen LogP contribution in [0.3, 0.4) is 0 Å². The fourth-order valence-corrected chi connectivity index (χ4v) is 3.90. The van der Waals surface area contributed by atoms with E-state index in [1.165, 1.54) is 29.7 Å². The van der Waals surface area contributed by atoms with E-state index in [0.29, 0.717) is 0 Å². The van der Waals surface area contributed by atoms with Crippen LogP contribution in [-0.2, 0) is 15.1 Å². The highest BCUT2D eigenvalue weighted by Gasteiger charge is 2.54. The maximum Gasteiger partial charge on any atom is 0.299 e. The lowest BCUT2D eigenvalue weighted by Crippen LogP contribution is -2.45. The Hall–Kier alpha value is -3.84. The molecule has 3 aromatic rings. The van der Waals surface area contributed by atoms with Crippen LogP contribution in [0, 0.1) is 5.82 Å². The first-order chi connectivity index (χ1) is 16.6. The molecule has 13 heteroatoms. The lowest BCUT2D eigenvalue weighted by Gasteiger charge is -2.33. The molecule has 0 aliphatic carbocycles. The molecule has 0 saturated heterocycles. The van der Waals surface area contributed by atoms with E-state index in [1.54, 1.807) is 12.3 Å². The van der Waals surface area contributed by atoms with Gasteiger partial charge in [-0.3, -0.25) is 19.6 Å². The van der Waals surface area contributed by atoms with Crippen molar-refractivity contribution in [2.75, 3.05) is 18.5 Å². The number of ether oxygens (including phenoxy) is 1. The summed E-state index contributed by atoms with van der Waals surface area (Å²) in [7, 11) is 0. The normalized spacial score (nSPS) is 18.9. The van der Waals surface area contributed by atoms with Gasteiger partial charge in [0.2, 0.25) is 0 Å². The van der Waals surface area contributed by atoms with Crippen molar-refractivity contribution in [3.8, 4) is 10.6 Å². The third kappa shape index (κ3) is 5.63. The topological polar surface area (TPSA) is 140 Å². The molecule has 9 nitrogen and oxygen atoms in total. The second-order valence-electron chi connectivity index (χ2n) is 7.40. The molecule has 4 rings (SSSR count). The lowest BCUT2D eigenvalue weighted by molar-refractivity contribution is -0.122. The number of halogens is 3. The van der Waals surface area contributed by atoms with Gasteiger partial charge < -0.3 is 20.9 Å². The zero-order chi connectivity index (χ0) is 25.6. The van der Waals surface area contributed by atoms with Crippen molar-refractivity contribution < 1.29 is 32.6 Å². The predicted octanol–water partition coefficient (Wildman–Crippen LogP) is 3.54. The largest absolute Gasteiger partial charge is 0.483 e. The maximum atomic E-state index is 14.8. The summed E-state index contributed by atoms with van der Waals surface area (Å²) >= 11 is 1.43. The number of benzene rings is 1. The summed E-state index contributed by atoms with van der Waals surface area (Å²) in [4.78, 5) is 33.1.